The second-order valence-corrected chi connectivity index (χ2v) is 2.02. The molecule has 0 aliphatic heterocycles. The van der Waals surface area contributed by atoms with Crippen molar-refractivity contribution in [2.75, 3.05) is 7.11 Å². The molecule has 0 radical (unpaired) electrons. The van der Waals surface area contributed by atoms with E-state index in [0.29, 0.717) is 0 Å². The van der Waals surface area contributed by atoms with Crippen LogP contribution in [-0.4, -0.2) is 16.9 Å². The van der Waals surface area contributed by atoms with Crippen molar-refractivity contribution < 1.29 is 39.2 Å². The number of phosphoric ester groups is 1. The van der Waals surface area contributed by atoms with Gasteiger partial charge in [0.05, 0.1) is 0 Å². The van der Waals surface area contributed by atoms with Gasteiger partial charge in [0.25, 0.3) is 0 Å². The molecule has 0 bridgehead atoms. The van der Waals surface area contributed by atoms with E-state index in [1.54, 1.807) is 0 Å². The van der Waals surface area contributed by atoms with Gasteiger partial charge in [0, 0.05) is 7.11 Å². The minimum atomic E-state index is -4.15. The maximum absolute atomic E-state index is 9.47. The van der Waals surface area contributed by atoms with Gasteiger partial charge in [-0.3, -0.25) is 4.52 Å². The Morgan fingerprint density at radius 3 is 1.86 bits per heavy atom. The summed E-state index contributed by atoms with van der Waals surface area (Å²) >= 11 is 0. The Kier molecular flexibility index (Phi) is 5.59. The van der Waals surface area contributed by atoms with Gasteiger partial charge >= 0.3 is 26.7 Å². The topological polar surface area (TPSA) is 66.8 Å². The van der Waals surface area contributed by atoms with Crippen molar-refractivity contribution in [3.8, 4) is 0 Å². The van der Waals surface area contributed by atoms with E-state index in [1.165, 1.54) is 0 Å². The molecule has 0 spiro atoms. The Balaban J connectivity index is -0.000000125. The molecule has 0 aromatic carbocycles. The van der Waals surface area contributed by atoms with Crippen molar-refractivity contribution in [3.05, 3.63) is 0 Å². The van der Waals surface area contributed by atoms with Crippen LogP contribution in [0.5, 0.6) is 0 Å². The number of rotatable bonds is 1. The molecule has 0 aromatic heterocycles. The van der Waals surface area contributed by atoms with Crippen LogP contribution in [0.2, 0.25) is 0 Å². The van der Waals surface area contributed by atoms with Gasteiger partial charge in [-0.25, -0.2) is 4.57 Å². The van der Waals surface area contributed by atoms with E-state index < -0.39 is 7.82 Å². The predicted octanol–water partition coefficient (Wildman–Crippen LogP) is -3.16. The zero-order valence-electron chi connectivity index (χ0n) is 5.16. The van der Waals surface area contributed by atoms with Crippen LogP contribution in [0.25, 0.3) is 0 Å². The zero-order chi connectivity index (χ0) is 5.21. The maximum atomic E-state index is 9.47. The van der Waals surface area contributed by atoms with Crippen molar-refractivity contribution in [1.29, 1.82) is 0 Å². The molecule has 0 saturated heterocycles. The van der Waals surface area contributed by atoms with Gasteiger partial charge in [-0.2, -0.15) is 0 Å². The summed E-state index contributed by atoms with van der Waals surface area (Å²) in [7, 11) is -3.20. The molecule has 40 valence electrons. The van der Waals surface area contributed by atoms with E-state index in [-0.39, 0.29) is 20.3 Å². The van der Waals surface area contributed by atoms with Crippen LogP contribution in [0.1, 0.15) is 1.43 Å². The van der Waals surface area contributed by atoms with E-state index >= 15 is 0 Å². The van der Waals surface area contributed by atoms with Crippen LogP contribution >= 0.6 is 7.82 Å². The Labute approximate surface area is 54.8 Å². The number of hydrogen-bond donors (Lipinski definition) is 2. The summed E-state index contributed by atoms with van der Waals surface area (Å²) in [6.07, 6.45) is 0. The maximum Gasteiger partial charge on any atom is 1.00 e. The van der Waals surface area contributed by atoms with Gasteiger partial charge in [-0.1, -0.05) is 0 Å². The summed E-state index contributed by atoms with van der Waals surface area (Å²) in [6.45, 7) is 0. The third-order valence-corrected chi connectivity index (χ3v) is 0.714. The minimum Gasteiger partial charge on any atom is -1.00 e. The summed E-state index contributed by atoms with van der Waals surface area (Å²) in [4.78, 5) is 15.4. The molecule has 0 rings (SSSR count). The Hall–Kier alpha value is 0.707. The molecule has 7 heavy (non-hydrogen) atoms. The summed E-state index contributed by atoms with van der Waals surface area (Å²) < 4.78 is 13.1. The molecule has 0 unspecified atom stereocenters. The Bertz CT molecular complexity index is 80.1. The van der Waals surface area contributed by atoms with Gasteiger partial charge in [0.2, 0.25) is 0 Å². The molecule has 0 fully saturated rings. The molecule has 0 atom stereocenters. The largest absolute Gasteiger partial charge is 1.00 e. The van der Waals surface area contributed by atoms with Crippen LogP contribution in [0.4, 0.5) is 0 Å². The Morgan fingerprint density at radius 2 is 1.86 bits per heavy atom. The average Bonchev–Trinajstić information content (AvgIpc) is 1.35. The average molecular weight is 120 g/mol. The fourth-order valence-corrected chi connectivity index (χ4v) is 0. The Morgan fingerprint density at radius 1 is 1.71 bits per heavy atom. The summed E-state index contributed by atoms with van der Waals surface area (Å²) in [5.41, 5.74) is 0. The first kappa shape index (κ1) is 10.6. The third kappa shape index (κ3) is 10.8. The van der Waals surface area contributed by atoms with Crippen LogP contribution in [0, 0.1) is 0 Å². The van der Waals surface area contributed by atoms with Crippen molar-refractivity contribution in [3.63, 3.8) is 0 Å². The van der Waals surface area contributed by atoms with Crippen molar-refractivity contribution >= 4 is 7.82 Å². The third-order valence-electron chi connectivity index (χ3n) is 0.238. The van der Waals surface area contributed by atoms with Gasteiger partial charge in [0.15, 0.2) is 0 Å². The van der Waals surface area contributed by atoms with Gasteiger partial charge in [-0.05, 0) is 0 Å². The number of phosphoric acid groups is 1. The number of hydrogen-bond acceptors (Lipinski definition) is 2. The second-order valence-electron chi connectivity index (χ2n) is 0.673. The van der Waals surface area contributed by atoms with E-state index in [9.17, 15) is 4.57 Å². The summed E-state index contributed by atoms with van der Waals surface area (Å²) in [5.74, 6) is 0. The van der Waals surface area contributed by atoms with Gasteiger partial charge in [0.1, 0.15) is 0 Å². The van der Waals surface area contributed by atoms with Crippen LogP contribution in [0.15, 0.2) is 0 Å². The SMILES string of the molecule is COP(=O)(O)O.[H-].[Li+]. The smallest absolute Gasteiger partial charge is 1.00 e. The van der Waals surface area contributed by atoms with E-state index in [4.69, 9.17) is 9.79 Å². The molecule has 6 heteroatoms. The standard InChI is InChI=1S/CH5O4P.Li.H/c1-5-6(2,3)4;;/h1H3,(H2,2,3,4);;/q;+1;-1. The minimum absolute atomic E-state index is 0. The first-order chi connectivity index (χ1) is 2.56. The second kappa shape index (κ2) is 3.68. The molecule has 0 aromatic rings. The van der Waals surface area contributed by atoms with Crippen molar-refractivity contribution in [2.45, 2.75) is 0 Å². The van der Waals surface area contributed by atoms with Crippen molar-refractivity contribution in [2.24, 2.45) is 0 Å². The van der Waals surface area contributed by atoms with Gasteiger partial charge < -0.3 is 11.2 Å². The van der Waals surface area contributed by atoms with E-state index in [1.807, 2.05) is 0 Å². The molecular weight excluding hydrogens is 114 g/mol. The first-order valence-corrected chi connectivity index (χ1v) is 2.70. The van der Waals surface area contributed by atoms with E-state index in [0.717, 1.165) is 7.11 Å². The fraction of sp³-hybridized carbons (Fsp3) is 1.00. The first-order valence-electron chi connectivity index (χ1n) is 1.17. The molecule has 0 aliphatic carbocycles. The van der Waals surface area contributed by atoms with Crippen molar-refractivity contribution in [1.82, 2.24) is 0 Å². The quantitative estimate of drug-likeness (QED) is 0.283. The summed E-state index contributed by atoms with van der Waals surface area (Å²) in [6, 6.07) is 0. The molecule has 0 saturated carbocycles. The molecule has 0 heterocycles. The normalized spacial score (nSPS) is 10.1. The van der Waals surface area contributed by atoms with E-state index in [2.05, 4.69) is 4.52 Å². The molecule has 0 aliphatic rings. The fourth-order valence-electron chi connectivity index (χ4n) is 0. The predicted molar refractivity (Wildman–Crippen MR) is 20.2 cm³/mol. The molecule has 0 amide bonds. The van der Waals surface area contributed by atoms with Gasteiger partial charge in [-0.15, -0.1) is 0 Å². The molecule has 4 nitrogen and oxygen atoms in total. The van der Waals surface area contributed by atoms with Crippen LogP contribution in [0.3, 0.4) is 0 Å². The van der Waals surface area contributed by atoms with Crippen LogP contribution in [-0.2, 0) is 9.09 Å². The zero-order valence-corrected chi connectivity index (χ0v) is 5.05. The molecule has 2 N–H and O–H groups in total. The summed E-state index contributed by atoms with van der Waals surface area (Å²) in [5, 5.41) is 0. The molecular formula is CH6LiO4P. The monoisotopic (exact) mass is 120 g/mol. The van der Waals surface area contributed by atoms with Crippen LogP contribution < -0.4 is 18.9 Å².